The van der Waals surface area contributed by atoms with Crippen LogP contribution in [0.4, 0.5) is 5.69 Å². The van der Waals surface area contributed by atoms with Crippen LogP contribution in [0, 0.1) is 0 Å². The molecule has 2 rings (SSSR count). The molecule has 7 nitrogen and oxygen atoms in total. The summed E-state index contributed by atoms with van der Waals surface area (Å²) in [6.07, 6.45) is 1.57. The summed E-state index contributed by atoms with van der Waals surface area (Å²) in [4.78, 5) is 43.0. The van der Waals surface area contributed by atoms with Crippen molar-refractivity contribution in [3.8, 4) is 0 Å². The Morgan fingerprint density at radius 1 is 1.35 bits per heavy atom. The summed E-state index contributed by atoms with van der Waals surface area (Å²) in [5.41, 5.74) is 1.10. The number of rotatable bonds is 7. The molecule has 0 fully saturated rings. The Labute approximate surface area is 155 Å². The maximum atomic E-state index is 12.5. The number of para-hydroxylation sites is 1. The molecule has 1 aromatic heterocycles. The first kappa shape index (κ1) is 19.7. The summed E-state index contributed by atoms with van der Waals surface area (Å²) in [5.74, 6) is -0.839. The first-order valence-electron chi connectivity index (χ1n) is 8.19. The second-order valence-electron chi connectivity index (χ2n) is 5.58. The molecular formula is C18H21N3O4S. The third kappa shape index (κ3) is 5.19. The number of aromatic nitrogens is 2. The quantitative estimate of drug-likeness (QED) is 0.438. The van der Waals surface area contributed by atoms with Crippen LogP contribution in [0.1, 0.15) is 36.3 Å². The second kappa shape index (κ2) is 9.19. The number of anilines is 1. The highest BCUT2D eigenvalue weighted by molar-refractivity contribution is 8.00. The van der Waals surface area contributed by atoms with Gasteiger partial charge >= 0.3 is 5.97 Å². The zero-order valence-corrected chi connectivity index (χ0v) is 15.7. The molecule has 138 valence electrons. The summed E-state index contributed by atoms with van der Waals surface area (Å²) in [6.45, 7) is 3.71. The van der Waals surface area contributed by atoms with Crippen molar-refractivity contribution in [2.24, 2.45) is 0 Å². The normalized spacial score (nSPS) is 11.7. The number of hydrogen-bond donors (Lipinski definition) is 2. The van der Waals surface area contributed by atoms with E-state index >= 15 is 0 Å². The fourth-order valence-corrected chi connectivity index (χ4v) is 3.09. The molecule has 2 N–H and O–H groups in total. The number of carbonyl (C=O) groups is 2. The lowest BCUT2D eigenvalue weighted by atomic mass is 10.2. The number of carbonyl (C=O) groups excluding carboxylic acids is 2. The SMILES string of the molecule is CCCc1cc(=O)[nH]c(SC(C)C(=O)Nc2ccccc2C(=O)OC)n1. The van der Waals surface area contributed by atoms with E-state index in [0.717, 1.165) is 18.2 Å². The lowest BCUT2D eigenvalue weighted by Crippen LogP contribution is -2.24. The van der Waals surface area contributed by atoms with Gasteiger partial charge in [-0.05, 0) is 25.5 Å². The third-order valence-corrected chi connectivity index (χ3v) is 4.51. The van der Waals surface area contributed by atoms with Gasteiger partial charge in [0, 0.05) is 11.8 Å². The monoisotopic (exact) mass is 375 g/mol. The van der Waals surface area contributed by atoms with Gasteiger partial charge in [-0.2, -0.15) is 0 Å². The van der Waals surface area contributed by atoms with E-state index in [-0.39, 0.29) is 17.0 Å². The van der Waals surface area contributed by atoms with Crippen molar-refractivity contribution in [1.29, 1.82) is 0 Å². The Hall–Kier alpha value is -2.61. The molecule has 0 aliphatic heterocycles. The molecule has 2 aromatic rings. The number of nitrogens with zero attached hydrogens (tertiary/aromatic N) is 1. The van der Waals surface area contributed by atoms with E-state index in [1.165, 1.54) is 13.2 Å². The standard InChI is InChI=1S/C18H21N3O4S/c1-4-7-12-10-15(22)21-18(19-12)26-11(2)16(23)20-14-9-6-5-8-13(14)17(24)25-3/h5-6,8-11H,4,7H2,1-3H3,(H,20,23)(H,19,21,22). The van der Waals surface area contributed by atoms with E-state index in [0.29, 0.717) is 23.0 Å². The molecule has 0 aliphatic rings. The molecule has 1 heterocycles. The third-order valence-electron chi connectivity index (χ3n) is 3.53. The van der Waals surface area contributed by atoms with Gasteiger partial charge in [-0.3, -0.25) is 9.59 Å². The minimum atomic E-state index is -0.528. The number of aromatic amines is 1. The molecule has 0 radical (unpaired) electrons. The highest BCUT2D eigenvalue weighted by atomic mass is 32.2. The van der Waals surface area contributed by atoms with Crippen LogP contribution in [0.5, 0.6) is 0 Å². The summed E-state index contributed by atoms with van der Waals surface area (Å²) in [7, 11) is 1.28. The summed E-state index contributed by atoms with van der Waals surface area (Å²) < 4.78 is 4.72. The molecular weight excluding hydrogens is 354 g/mol. The molecule has 1 aromatic carbocycles. The molecule has 8 heteroatoms. The fraction of sp³-hybridized carbons (Fsp3) is 0.333. The molecule has 26 heavy (non-hydrogen) atoms. The molecule has 1 unspecified atom stereocenters. The van der Waals surface area contributed by atoms with Crippen LogP contribution < -0.4 is 10.9 Å². The van der Waals surface area contributed by atoms with Gasteiger partial charge < -0.3 is 15.0 Å². The maximum absolute atomic E-state index is 12.5. The van der Waals surface area contributed by atoms with Crippen molar-refractivity contribution >= 4 is 29.3 Å². The minimum Gasteiger partial charge on any atom is -0.465 e. The van der Waals surface area contributed by atoms with Crippen LogP contribution in [-0.4, -0.2) is 34.2 Å². The molecule has 1 amide bonds. The van der Waals surface area contributed by atoms with E-state index in [1.807, 2.05) is 6.92 Å². The smallest absolute Gasteiger partial charge is 0.339 e. The highest BCUT2D eigenvalue weighted by Crippen LogP contribution is 2.22. The van der Waals surface area contributed by atoms with Crippen molar-refractivity contribution in [2.75, 3.05) is 12.4 Å². The summed E-state index contributed by atoms with van der Waals surface area (Å²) in [6, 6.07) is 8.07. The minimum absolute atomic E-state index is 0.241. The van der Waals surface area contributed by atoms with Crippen LogP contribution in [0.15, 0.2) is 40.3 Å². The van der Waals surface area contributed by atoms with E-state index < -0.39 is 11.2 Å². The van der Waals surface area contributed by atoms with Gasteiger partial charge in [0.15, 0.2) is 5.16 Å². The fourth-order valence-electron chi connectivity index (χ4n) is 2.26. The van der Waals surface area contributed by atoms with Gasteiger partial charge in [0.05, 0.1) is 23.6 Å². The number of thioether (sulfide) groups is 1. The Morgan fingerprint density at radius 3 is 2.77 bits per heavy atom. The Kier molecular flexibility index (Phi) is 6.97. The molecule has 1 atom stereocenters. The Bertz CT molecular complexity index is 850. The number of amides is 1. The van der Waals surface area contributed by atoms with E-state index in [4.69, 9.17) is 4.74 Å². The van der Waals surface area contributed by atoms with Crippen molar-refractivity contribution in [3.05, 3.63) is 51.9 Å². The van der Waals surface area contributed by atoms with Gasteiger partial charge in [0.1, 0.15) is 0 Å². The van der Waals surface area contributed by atoms with Gasteiger partial charge in [-0.15, -0.1) is 0 Å². The average Bonchev–Trinajstić information content (AvgIpc) is 2.61. The van der Waals surface area contributed by atoms with Crippen molar-refractivity contribution in [2.45, 2.75) is 37.1 Å². The van der Waals surface area contributed by atoms with Crippen molar-refractivity contribution in [1.82, 2.24) is 9.97 Å². The number of H-pyrrole nitrogens is 1. The number of ether oxygens (including phenoxy) is 1. The lowest BCUT2D eigenvalue weighted by molar-refractivity contribution is -0.115. The Balaban J connectivity index is 2.12. The number of nitrogens with one attached hydrogen (secondary N) is 2. The number of hydrogen-bond acceptors (Lipinski definition) is 6. The van der Waals surface area contributed by atoms with Crippen LogP contribution in [0.25, 0.3) is 0 Å². The van der Waals surface area contributed by atoms with E-state index in [1.54, 1.807) is 31.2 Å². The largest absolute Gasteiger partial charge is 0.465 e. The molecule has 0 saturated carbocycles. The molecule has 0 aliphatic carbocycles. The number of benzene rings is 1. The van der Waals surface area contributed by atoms with Gasteiger partial charge in [0.25, 0.3) is 5.56 Å². The van der Waals surface area contributed by atoms with Gasteiger partial charge in [-0.25, -0.2) is 9.78 Å². The summed E-state index contributed by atoms with van der Waals surface area (Å²) in [5, 5.41) is 2.59. The molecule has 0 saturated heterocycles. The van der Waals surface area contributed by atoms with Crippen molar-refractivity contribution in [3.63, 3.8) is 0 Å². The predicted octanol–water partition coefficient (Wildman–Crippen LogP) is 2.63. The first-order chi connectivity index (χ1) is 12.4. The number of esters is 1. The average molecular weight is 375 g/mol. The topological polar surface area (TPSA) is 101 Å². The summed E-state index contributed by atoms with van der Waals surface area (Å²) >= 11 is 1.15. The van der Waals surface area contributed by atoms with E-state index in [9.17, 15) is 14.4 Å². The van der Waals surface area contributed by atoms with E-state index in [2.05, 4.69) is 15.3 Å². The maximum Gasteiger partial charge on any atom is 0.339 e. The molecule has 0 spiro atoms. The van der Waals surface area contributed by atoms with Crippen LogP contribution in [0.3, 0.4) is 0 Å². The zero-order chi connectivity index (χ0) is 19.1. The van der Waals surface area contributed by atoms with Crippen LogP contribution in [-0.2, 0) is 16.0 Å². The number of methoxy groups -OCH3 is 1. The second-order valence-corrected chi connectivity index (χ2v) is 6.91. The molecule has 0 bridgehead atoms. The van der Waals surface area contributed by atoms with Gasteiger partial charge in [-0.1, -0.05) is 37.2 Å². The Morgan fingerprint density at radius 2 is 2.08 bits per heavy atom. The van der Waals surface area contributed by atoms with Crippen LogP contribution >= 0.6 is 11.8 Å². The lowest BCUT2D eigenvalue weighted by Gasteiger charge is -2.13. The van der Waals surface area contributed by atoms with Crippen molar-refractivity contribution < 1.29 is 14.3 Å². The zero-order valence-electron chi connectivity index (χ0n) is 14.9. The highest BCUT2D eigenvalue weighted by Gasteiger charge is 2.19. The van der Waals surface area contributed by atoms with Gasteiger partial charge in [0.2, 0.25) is 5.91 Å². The number of aryl methyl sites for hydroxylation is 1. The predicted molar refractivity (Wildman–Crippen MR) is 101 cm³/mol. The van der Waals surface area contributed by atoms with Crippen LogP contribution in [0.2, 0.25) is 0 Å². The first-order valence-corrected chi connectivity index (χ1v) is 9.07.